The minimum absolute atomic E-state index is 0.0157. The van der Waals surface area contributed by atoms with Crippen molar-refractivity contribution in [3.05, 3.63) is 70.7 Å². The highest BCUT2D eigenvalue weighted by molar-refractivity contribution is 7.07. The van der Waals surface area contributed by atoms with Crippen LogP contribution in [-0.2, 0) is 5.41 Å². The van der Waals surface area contributed by atoms with Crippen LogP contribution >= 0.6 is 11.3 Å². The van der Waals surface area contributed by atoms with Crippen LogP contribution in [0.2, 0.25) is 0 Å². The maximum absolute atomic E-state index is 12.6. The van der Waals surface area contributed by atoms with E-state index in [0.29, 0.717) is 18.8 Å². The minimum atomic E-state index is -0.541. The first-order chi connectivity index (χ1) is 13.2. The third-order valence-corrected chi connectivity index (χ3v) is 6.71. The van der Waals surface area contributed by atoms with Gasteiger partial charge in [-0.25, -0.2) is 9.97 Å². The van der Waals surface area contributed by atoms with Crippen molar-refractivity contribution in [2.45, 2.75) is 30.4 Å². The van der Waals surface area contributed by atoms with E-state index in [-0.39, 0.29) is 17.4 Å². The van der Waals surface area contributed by atoms with Crippen molar-refractivity contribution in [3.8, 4) is 0 Å². The lowest BCUT2D eigenvalue weighted by atomic mass is 9.72. The quantitative estimate of drug-likeness (QED) is 0.741. The highest BCUT2D eigenvalue weighted by Crippen LogP contribution is 2.52. The van der Waals surface area contributed by atoms with Crippen LogP contribution in [-0.4, -0.2) is 49.6 Å². The molecule has 1 spiro atoms. The molecule has 1 amide bonds. The molecule has 0 saturated carbocycles. The van der Waals surface area contributed by atoms with Crippen molar-refractivity contribution in [3.63, 3.8) is 0 Å². The largest absolute Gasteiger partial charge is 0.390 e. The number of piperidine rings is 1. The Kier molecular flexibility index (Phi) is 3.87. The zero-order valence-electron chi connectivity index (χ0n) is 14.7. The number of thiazole rings is 1. The molecule has 1 aliphatic heterocycles. The Balaban J connectivity index is 1.46. The predicted molar refractivity (Wildman–Crippen MR) is 102 cm³/mol. The Morgan fingerprint density at radius 3 is 2.78 bits per heavy atom. The number of rotatable bonds is 2. The molecule has 2 aliphatic rings. The van der Waals surface area contributed by atoms with Crippen molar-refractivity contribution < 1.29 is 9.90 Å². The van der Waals surface area contributed by atoms with Gasteiger partial charge in [0, 0.05) is 36.3 Å². The zero-order valence-corrected chi connectivity index (χ0v) is 15.5. The first-order valence-corrected chi connectivity index (χ1v) is 10.1. The molecule has 5 rings (SSSR count). The van der Waals surface area contributed by atoms with E-state index in [1.165, 1.54) is 16.9 Å². The summed E-state index contributed by atoms with van der Waals surface area (Å²) >= 11 is 1.43. The first-order valence-electron chi connectivity index (χ1n) is 9.13. The van der Waals surface area contributed by atoms with E-state index in [1.807, 2.05) is 27.8 Å². The fraction of sp³-hybridized carbons (Fsp3) is 0.350. The molecule has 1 aromatic carbocycles. The Hall–Kier alpha value is -2.51. The van der Waals surface area contributed by atoms with Gasteiger partial charge in [-0.2, -0.15) is 0 Å². The molecule has 3 heterocycles. The molecule has 1 aliphatic carbocycles. The number of likely N-dealkylation sites (tertiary alicyclic amines) is 1. The van der Waals surface area contributed by atoms with Crippen molar-refractivity contribution >= 4 is 17.2 Å². The number of nitrogens with zero attached hydrogens (tertiary/aromatic N) is 4. The summed E-state index contributed by atoms with van der Waals surface area (Å²) < 4.78 is 1.99. The molecule has 138 valence electrons. The van der Waals surface area contributed by atoms with E-state index in [1.54, 1.807) is 23.4 Å². The van der Waals surface area contributed by atoms with E-state index in [4.69, 9.17) is 0 Å². The van der Waals surface area contributed by atoms with E-state index in [9.17, 15) is 9.90 Å². The van der Waals surface area contributed by atoms with Crippen LogP contribution in [0.3, 0.4) is 0 Å². The normalized spacial score (nSPS) is 23.5. The van der Waals surface area contributed by atoms with Crippen molar-refractivity contribution in [2.24, 2.45) is 0 Å². The number of imidazole rings is 1. The van der Waals surface area contributed by atoms with Gasteiger partial charge in [0.15, 0.2) is 0 Å². The van der Waals surface area contributed by atoms with Gasteiger partial charge in [0.2, 0.25) is 0 Å². The van der Waals surface area contributed by atoms with Crippen LogP contribution in [0.25, 0.3) is 0 Å². The number of amides is 1. The van der Waals surface area contributed by atoms with E-state index < -0.39 is 6.10 Å². The predicted octanol–water partition coefficient (Wildman–Crippen LogP) is 2.48. The molecule has 3 aromatic rings. The van der Waals surface area contributed by atoms with Gasteiger partial charge in [-0.3, -0.25) is 4.79 Å². The molecule has 1 N–H and O–H groups in total. The fourth-order valence-corrected chi connectivity index (χ4v) is 5.28. The SMILES string of the molecule is O=C(c1cscn1)N1CCC2(CC1)c1ccccc1[C@H](n1ccnc1)[C@H]2O. The maximum Gasteiger partial charge on any atom is 0.273 e. The molecular weight excluding hydrogens is 360 g/mol. The first kappa shape index (κ1) is 16.6. The number of benzene rings is 1. The molecule has 1 fully saturated rings. The van der Waals surface area contributed by atoms with Gasteiger partial charge >= 0.3 is 0 Å². The smallest absolute Gasteiger partial charge is 0.273 e. The second-order valence-electron chi connectivity index (χ2n) is 7.31. The lowest BCUT2D eigenvalue weighted by Gasteiger charge is -2.42. The van der Waals surface area contributed by atoms with Crippen LogP contribution in [0.1, 0.15) is 40.5 Å². The average molecular weight is 380 g/mol. The Morgan fingerprint density at radius 2 is 2.07 bits per heavy atom. The van der Waals surface area contributed by atoms with Crippen LogP contribution in [0, 0.1) is 0 Å². The van der Waals surface area contributed by atoms with E-state index in [0.717, 1.165) is 18.4 Å². The van der Waals surface area contributed by atoms with Crippen LogP contribution < -0.4 is 0 Å². The van der Waals surface area contributed by atoms with Gasteiger partial charge in [0.25, 0.3) is 5.91 Å². The van der Waals surface area contributed by atoms with Gasteiger partial charge in [0.1, 0.15) is 5.69 Å². The van der Waals surface area contributed by atoms with E-state index >= 15 is 0 Å². The Labute approximate surface area is 161 Å². The Bertz CT molecular complexity index is 946. The second-order valence-corrected chi connectivity index (χ2v) is 8.03. The molecule has 1 saturated heterocycles. The number of carbonyl (C=O) groups excluding carboxylic acids is 1. The third-order valence-electron chi connectivity index (χ3n) is 6.12. The summed E-state index contributed by atoms with van der Waals surface area (Å²) in [7, 11) is 0. The maximum atomic E-state index is 12.6. The van der Waals surface area contributed by atoms with Crippen LogP contribution in [0.5, 0.6) is 0 Å². The molecule has 27 heavy (non-hydrogen) atoms. The van der Waals surface area contributed by atoms with Gasteiger partial charge in [0.05, 0.1) is 24.0 Å². The third kappa shape index (κ3) is 2.45. The highest BCUT2D eigenvalue weighted by atomic mass is 32.1. The topological polar surface area (TPSA) is 71.2 Å². The molecular formula is C20H20N4O2S. The molecule has 0 bridgehead atoms. The number of hydrogen-bond acceptors (Lipinski definition) is 5. The number of aliphatic hydroxyl groups is 1. The molecule has 0 radical (unpaired) electrons. The summed E-state index contributed by atoms with van der Waals surface area (Å²) in [5.41, 5.74) is 4.23. The number of carbonyl (C=O) groups is 1. The van der Waals surface area contributed by atoms with Crippen LogP contribution in [0.15, 0.2) is 53.9 Å². The highest BCUT2D eigenvalue weighted by Gasteiger charge is 2.53. The molecule has 2 aromatic heterocycles. The van der Waals surface area contributed by atoms with Crippen LogP contribution in [0.4, 0.5) is 0 Å². The molecule has 2 atom stereocenters. The second kappa shape index (κ2) is 6.28. The number of aliphatic hydroxyl groups excluding tert-OH is 1. The summed E-state index contributed by atoms with van der Waals surface area (Å²) in [4.78, 5) is 22.8. The minimum Gasteiger partial charge on any atom is -0.390 e. The summed E-state index contributed by atoms with van der Waals surface area (Å²) in [5.74, 6) is -0.0157. The molecule has 0 unspecified atom stereocenters. The van der Waals surface area contributed by atoms with Crippen molar-refractivity contribution in [1.82, 2.24) is 19.4 Å². The molecule has 7 heteroatoms. The summed E-state index contributed by atoms with van der Waals surface area (Å²) in [6.45, 7) is 1.25. The summed E-state index contributed by atoms with van der Waals surface area (Å²) in [6, 6.07) is 8.16. The lowest BCUT2D eigenvalue weighted by Crippen LogP contribution is -2.50. The van der Waals surface area contributed by atoms with Gasteiger partial charge < -0.3 is 14.6 Å². The van der Waals surface area contributed by atoms with Gasteiger partial charge in [-0.1, -0.05) is 24.3 Å². The zero-order chi connectivity index (χ0) is 18.4. The summed E-state index contributed by atoms with van der Waals surface area (Å²) in [6.07, 6.45) is 6.36. The van der Waals surface area contributed by atoms with E-state index in [2.05, 4.69) is 22.1 Å². The average Bonchev–Trinajstić information content (AvgIpc) is 3.45. The summed E-state index contributed by atoms with van der Waals surface area (Å²) in [5, 5.41) is 13.2. The number of aromatic nitrogens is 3. The Morgan fingerprint density at radius 1 is 1.26 bits per heavy atom. The lowest BCUT2D eigenvalue weighted by molar-refractivity contribution is 0.0207. The van der Waals surface area contributed by atoms with Gasteiger partial charge in [-0.15, -0.1) is 11.3 Å². The standard InChI is InChI=1S/C20H20N4O2S/c25-18-17(24-10-7-21-12-24)14-3-1-2-4-15(14)20(18)5-8-23(9-6-20)19(26)16-11-27-13-22-16/h1-4,7,10-13,17-18,25H,5-6,8-9H2/t17-,18+/m0/s1. The van der Waals surface area contributed by atoms with Crippen molar-refractivity contribution in [2.75, 3.05) is 13.1 Å². The molecule has 6 nitrogen and oxygen atoms in total. The van der Waals surface area contributed by atoms with Crippen molar-refractivity contribution in [1.29, 1.82) is 0 Å². The fourth-order valence-electron chi connectivity index (χ4n) is 4.75. The monoisotopic (exact) mass is 380 g/mol. The van der Waals surface area contributed by atoms with Gasteiger partial charge in [-0.05, 0) is 24.0 Å². The number of fused-ring (bicyclic) bond motifs is 2. The number of hydrogen-bond donors (Lipinski definition) is 1.